The smallest absolute Gasteiger partial charge is 0.374 e. The Kier molecular flexibility index (Phi) is 5.03. The number of aryl methyl sites for hydroxylation is 1. The third kappa shape index (κ3) is 3.39. The van der Waals surface area contributed by atoms with E-state index >= 15 is 0 Å². The lowest BCUT2D eigenvalue weighted by atomic mass is 9.97. The van der Waals surface area contributed by atoms with Gasteiger partial charge in [0, 0.05) is 44.0 Å². The molecule has 1 fully saturated rings. The number of nitrogens with zero attached hydrogens (tertiary/aromatic N) is 2. The third-order valence-corrected chi connectivity index (χ3v) is 4.42. The zero-order valence-electron chi connectivity index (χ0n) is 11.9. The number of hydrogen-bond acceptors (Lipinski definition) is 5. The molecule has 0 radical (unpaired) electrons. The lowest BCUT2D eigenvalue weighted by molar-refractivity contribution is -0.272. The van der Waals surface area contributed by atoms with E-state index in [4.69, 9.17) is 0 Å². The molecule has 1 saturated heterocycles. The van der Waals surface area contributed by atoms with Crippen molar-refractivity contribution >= 4 is 17.7 Å². The fraction of sp³-hybridized carbons (Fsp3) is 0.667. The first-order chi connectivity index (χ1) is 10.3. The zero-order valence-corrected chi connectivity index (χ0v) is 12.7. The minimum absolute atomic E-state index is 0.301. The van der Waals surface area contributed by atoms with Gasteiger partial charge in [0.25, 0.3) is 0 Å². The summed E-state index contributed by atoms with van der Waals surface area (Å²) >= 11 is 1.54. The lowest BCUT2D eigenvalue weighted by Gasteiger charge is -2.30. The number of aliphatic hydroxyl groups is 1. The van der Waals surface area contributed by atoms with Gasteiger partial charge in [0.05, 0.1) is 6.04 Å². The SMILES string of the molecule is Cn1ccnc1[C@@](O)(CCNC(=O)[C@H]1CSCN1)C(F)(F)F. The molecule has 2 heterocycles. The summed E-state index contributed by atoms with van der Waals surface area (Å²) in [5.74, 6) is 0.352. The van der Waals surface area contributed by atoms with Gasteiger partial charge in [0.1, 0.15) is 5.82 Å². The number of halogens is 3. The fourth-order valence-corrected chi connectivity index (χ4v) is 3.14. The molecule has 124 valence electrons. The number of rotatable bonds is 5. The fourth-order valence-electron chi connectivity index (χ4n) is 2.20. The summed E-state index contributed by atoms with van der Waals surface area (Å²) in [7, 11) is 1.37. The molecule has 2 atom stereocenters. The first-order valence-electron chi connectivity index (χ1n) is 6.61. The summed E-state index contributed by atoms with van der Waals surface area (Å²) < 4.78 is 40.8. The number of alkyl halides is 3. The van der Waals surface area contributed by atoms with Crippen LogP contribution in [0.5, 0.6) is 0 Å². The molecular formula is C12H17F3N4O2S. The van der Waals surface area contributed by atoms with E-state index in [0.717, 1.165) is 4.57 Å². The van der Waals surface area contributed by atoms with Gasteiger partial charge in [0.2, 0.25) is 11.5 Å². The second-order valence-electron chi connectivity index (χ2n) is 5.03. The van der Waals surface area contributed by atoms with E-state index in [1.807, 2.05) is 0 Å². The van der Waals surface area contributed by atoms with Gasteiger partial charge < -0.3 is 15.0 Å². The number of thioether (sulfide) groups is 1. The molecule has 10 heteroatoms. The van der Waals surface area contributed by atoms with E-state index in [1.54, 1.807) is 0 Å². The van der Waals surface area contributed by atoms with Crippen LogP contribution >= 0.6 is 11.8 Å². The van der Waals surface area contributed by atoms with Crippen LogP contribution in [-0.2, 0) is 17.4 Å². The molecule has 0 saturated carbocycles. The Morgan fingerprint density at radius 3 is 2.86 bits per heavy atom. The highest BCUT2D eigenvalue weighted by Crippen LogP contribution is 2.40. The number of imidazole rings is 1. The van der Waals surface area contributed by atoms with Gasteiger partial charge in [-0.1, -0.05) is 0 Å². The topological polar surface area (TPSA) is 79.2 Å². The molecule has 1 aliphatic heterocycles. The zero-order chi connectivity index (χ0) is 16.4. The van der Waals surface area contributed by atoms with Gasteiger partial charge in [-0.2, -0.15) is 13.2 Å². The highest BCUT2D eigenvalue weighted by molar-refractivity contribution is 7.99. The van der Waals surface area contributed by atoms with E-state index in [9.17, 15) is 23.1 Å². The van der Waals surface area contributed by atoms with Gasteiger partial charge in [-0.15, -0.1) is 11.8 Å². The molecule has 0 aliphatic carbocycles. The van der Waals surface area contributed by atoms with Crippen LogP contribution < -0.4 is 10.6 Å². The Bertz CT molecular complexity index is 531. The summed E-state index contributed by atoms with van der Waals surface area (Å²) in [5.41, 5.74) is -3.10. The van der Waals surface area contributed by atoms with Crippen LogP contribution in [0.15, 0.2) is 12.4 Å². The number of carbonyl (C=O) groups is 1. The van der Waals surface area contributed by atoms with Crippen molar-refractivity contribution in [2.75, 3.05) is 18.2 Å². The first-order valence-corrected chi connectivity index (χ1v) is 7.77. The number of aromatic nitrogens is 2. The van der Waals surface area contributed by atoms with Crippen molar-refractivity contribution in [2.45, 2.75) is 24.2 Å². The van der Waals surface area contributed by atoms with Gasteiger partial charge in [0.15, 0.2) is 0 Å². The molecule has 0 unspecified atom stereocenters. The van der Waals surface area contributed by atoms with E-state index in [-0.39, 0.29) is 12.5 Å². The minimum atomic E-state index is -4.89. The molecular weight excluding hydrogens is 321 g/mol. The van der Waals surface area contributed by atoms with Crippen molar-refractivity contribution in [3.8, 4) is 0 Å². The number of hydrogen-bond donors (Lipinski definition) is 3. The Labute approximate surface area is 129 Å². The lowest BCUT2D eigenvalue weighted by Crippen LogP contribution is -2.48. The molecule has 0 aromatic carbocycles. The average molecular weight is 338 g/mol. The van der Waals surface area contributed by atoms with Crippen LogP contribution in [0.2, 0.25) is 0 Å². The second kappa shape index (κ2) is 6.47. The van der Waals surface area contributed by atoms with Crippen molar-refractivity contribution in [1.82, 2.24) is 20.2 Å². The van der Waals surface area contributed by atoms with E-state index in [0.29, 0.717) is 11.6 Å². The number of nitrogens with one attached hydrogen (secondary N) is 2. The first kappa shape index (κ1) is 17.1. The standard InChI is InChI=1S/C12H17F3N4O2S/c1-19-5-4-17-10(19)11(21,12(13,14)15)2-3-16-9(20)8-6-22-7-18-8/h4-5,8,18,21H,2-3,6-7H2,1H3,(H,16,20)/t8-,11+/m1/s1. The maximum Gasteiger partial charge on any atom is 0.424 e. The van der Waals surface area contributed by atoms with Gasteiger partial charge in [-0.05, 0) is 0 Å². The molecule has 0 spiro atoms. The Balaban J connectivity index is 2.02. The van der Waals surface area contributed by atoms with E-state index in [2.05, 4.69) is 15.6 Å². The number of amides is 1. The predicted molar refractivity (Wildman–Crippen MR) is 75.0 cm³/mol. The van der Waals surface area contributed by atoms with E-state index in [1.165, 1.54) is 31.2 Å². The summed E-state index contributed by atoms with van der Waals surface area (Å²) in [4.78, 5) is 15.4. The Morgan fingerprint density at radius 1 is 1.64 bits per heavy atom. The van der Waals surface area contributed by atoms with Crippen molar-refractivity contribution in [1.29, 1.82) is 0 Å². The van der Waals surface area contributed by atoms with Crippen molar-refractivity contribution in [3.05, 3.63) is 18.2 Å². The Hall–Kier alpha value is -1.26. The maximum atomic E-state index is 13.2. The summed E-state index contributed by atoms with van der Waals surface area (Å²) in [6, 6.07) is -0.405. The third-order valence-electron chi connectivity index (χ3n) is 3.48. The highest BCUT2D eigenvalue weighted by Gasteiger charge is 2.57. The van der Waals surface area contributed by atoms with Crippen LogP contribution in [0.3, 0.4) is 0 Å². The largest absolute Gasteiger partial charge is 0.424 e. The normalized spacial score (nSPS) is 21.6. The van der Waals surface area contributed by atoms with Crippen LogP contribution in [-0.4, -0.2) is 51.0 Å². The van der Waals surface area contributed by atoms with Crippen LogP contribution in [0.4, 0.5) is 13.2 Å². The van der Waals surface area contributed by atoms with Crippen molar-refractivity contribution in [3.63, 3.8) is 0 Å². The average Bonchev–Trinajstić information content (AvgIpc) is 3.07. The molecule has 22 heavy (non-hydrogen) atoms. The highest BCUT2D eigenvalue weighted by atomic mass is 32.2. The molecule has 0 bridgehead atoms. The molecule has 3 N–H and O–H groups in total. The predicted octanol–water partition coefficient (Wildman–Crippen LogP) is 0.339. The van der Waals surface area contributed by atoms with Crippen LogP contribution in [0.25, 0.3) is 0 Å². The molecule has 1 amide bonds. The summed E-state index contributed by atoms with van der Waals surface area (Å²) in [6.07, 6.45) is -3.08. The van der Waals surface area contributed by atoms with Gasteiger partial charge in [-0.25, -0.2) is 4.98 Å². The molecule has 1 aromatic rings. The number of carbonyl (C=O) groups excluding carboxylic acids is 1. The van der Waals surface area contributed by atoms with Crippen LogP contribution in [0.1, 0.15) is 12.2 Å². The summed E-state index contributed by atoms with van der Waals surface area (Å²) in [5, 5.41) is 15.4. The Morgan fingerprint density at radius 2 is 2.36 bits per heavy atom. The minimum Gasteiger partial charge on any atom is -0.374 e. The molecule has 1 aromatic heterocycles. The molecule has 1 aliphatic rings. The monoisotopic (exact) mass is 338 g/mol. The molecule has 6 nitrogen and oxygen atoms in total. The molecule has 2 rings (SSSR count). The second-order valence-corrected chi connectivity index (χ2v) is 6.06. The van der Waals surface area contributed by atoms with Gasteiger partial charge in [-0.3, -0.25) is 10.1 Å². The van der Waals surface area contributed by atoms with Crippen molar-refractivity contribution in [2.24, 2.45) is 7.05 Å². The summed E-state index contributed by atoms with van der Waals surface area (Å²) in [6.45, 7) is -0.301. The van der Waals surface area contributed by atoms with Crippen LogP contribution in [0, 0.1) is 0 Å². The van der Waals surface area contributed by atoms with E-state index < -0.39 is 30.1 Å². The van der Waals surface area contributed by atoms with Crippen molar-refractivity contribution < 1.29 is 23.1 Å². The maximum absolute atomic E-state index is 13.2. The van der Waals surface area contributed by atoms with Gasteiger partial charge >= 0.3 is 6.18 Å². The quantitative estimate of drug-likeness (QED) is 0.722.